The summed E-state index contributed by atoms with van der Waals surface area (Å²) < 4.78 is 1.56. The molecule has 1 aliphatic rings. The number of H-pyrrole nitrogens is 1. The number of benzene rings is 1. The standard InChI is InChI=1S/C11H7BrN2OS2/c12-5-1-2-7-6(3-5)10(15)9(13-7)8-4-17-11(16)14-8/h1-3,13,15H,4H2. The maximum atomic E-state index is 10.2. The first-order chi connectivity index (χ1) is 8.15. The normalized spacial score (nSPS) is 15.6. The average Bonchev–Trinajstić information content (AvgIpc) is 2.84. The van der Waals surface area contributed by atoms with Gasteiger partial charge in [0.05, 0.1) is 5.71 Å². The number of hydrogen-bond acceptors (Lipinski definition) is 3. The molecule has 2 N–H and O–H groups in total. The van der Waals surface area contributed by atoms with Crippen molar-refractivity contribution in [1.29, 1.82) is 0 Å². The summed E-state index contributed by atoms with van der Waals surface area (Å²) in [6, 6.07) is 5.73. The minimum absolute atomic E-state index is 0.241. The zero-order valence-corrected chi connectivity index (χ0v) is 11.7. The molecule has 2 heterocycles. The van der Waals surface area contributed by atoms with Crippen molar-refractivity contribution < 1.29 is 5.11 Å². The molecule has 2 aromatic rings. The first kappa shape index (κ1) is 11.3. The van der Waals surface area contributed by atoms with E-state index in [1.807, 2.05) is 18.2 Å². The summed E-state index contributed by atoms with van der Waals surface area (Å²) in [7, 11) is 0. The third kappa shape index (κ3) is 1.90. The quantitative estimate of drug-likeness (QED) is 0.789. The number of aromatic nitrogens is 1. The van der Waals surface area contributed by atoms with Gasteiger partial charge < -0.3 is 10.1 Å². The molecule has 0 amide bonds. The van der Waals surface area contributed by atoms with Gasteiger partial charge in [-0.1, -0.05) is 39.9 Å². The number of nitrogens with one attached hydrogen (secondary N) is 1. The van der Waals surface area contributed by atoms with Crippen molar-refractivity contribution in [2.75, 3.05) is 5.75 Å². The van der Waals surface area contributed by atoms with Gasteiger partial charge in [0.15, 0.2) is 4.32 Å². The lowest BCUT2D eigenvalue weighted by Gasteiger charge is -1.95. The van der Waals surface area contributed by atoms with Gasteiger partial charge >= 0.3 is 0 Å². The molecule has 0 saturated heterocycles. The van der Waals surface area contributed by atoms with E-state index in [-0.39, 0.29) is 5.75 Å². The van der Waals surface area contributed by atoms with Crippen LogP contribution in [0.4, 0.5) is 0 Å². The van der Waals surface area contributed by atoms with Crippen LogP contribution >= 0.6 is 39.9 Å². The first-order valence-corrected chi connectivity index (χ1v) is 7.09. The van der Waals surface area contributed by atoms with Crippen LogP contribution in [0.2, 0.25) is 0 Å². The second kappa shape index (κ2) is 4.12. The van der Waals surface area contributed by atoms with E-state index in [4.69, 9.17) is 12.2 Å². The van der Waals surface area contributed by atoms with Gasteiger partial charge in [0.1, 0.15) is 11.4 Å². The van der Waals surface area contributed by atoms with Crippen molar-refractivity contribution in [2.24, 2.45) is 4.99 Å². The van der Waals surface area contributed by atoms with Crippen molar-refractivity contribution in [2.45, 2.75) is 0 Å². The molecule has 0 aliphatic carbocycles. The summed E-state index contributed by atoms with van der Waals surface area (Å²) in [6.45, 7) is 0. The predicted molar refractivity (Wildman–Crippen MR) is 79.3 cm³/mol. The number of nitrogens with zero attached hydrogens (tertiary/aromatic N) is 1. The van der Waals surface area contributed by atoms with Crippen LogP contribution in [0, 0.1) is 0 Å². The Labute approximate surface area is 115 Å². The average molecular weight is 327 g/mol. The molecule has 86 valence electrons. The highest BCUT2D eigenvalue weighted by molar-refractivity contribution is 9.10. The maximum absolute atomic E-state index is 10.2. The Morgan fingerprint density at radius 1 is 1.47 bits per heavy atom. The van der Waals surface area contributed by atoms with Crippen LogP contribution in [0.1, 0.15) is 5.69 Å². The number of aliphatic imine (C=N–C) groups is 1. The summed E-state index contributed by atoms with van der Waals surface area (Å²) in [6.07, 6.45) is 0. The second-order valence-corrected chi connectivity index (χ2v) is 6.18. The summed E-state index contributed by atoms with van der Waals surface area (Å²) in [4.78, 5) is 7.42. The van der Waals surface area contributed by atoms with Gasteiger partial charge in [-0.3, -0.25) is 0 Å². The van der Waals surface area contributed by atoms with Crippen molar-refractivity contribution in [3.8, 4) is 5.75 Å². The van der Waals surface area contributed by atoms with Gasteiger partial charge in [-0.2, -0.15) is 0 Å². The van der Waals surface area contributed by atoms with Crippen LogP contribution in [0.15, 0.2) is 27.7 Å². The molecule has 3 rings (SSSR count). The molecule has 0 radical (unpaired) electrons. The summed E-state index contributed by atoms with van der Waals surface area (Å²) in [5, 5.41) is 11.0. The van der Waals surface area contributed by atoms with Crippen LogP contribution in [0.25, 0.3) is 10.9 Å². The molecule has 0 fully saturated rings. The Bertz CT molecular complexity index is 663. The molecule has 1 aliphatic heterocycles. The van der Waals surface area contributed by atoms with Crippen molar-refractivity contribution >= 4 is 60.8 Å². The van der Waals surface area contributed by atoms with Gasteiger partial charge in [-0.15, -0.1) is 0 Å². The first-order valence-electron chi connectivity index (χ1n) is 4.90. The molecule has 1 aromatic carbocycles. The summed E-state index contributed by atoms with van der Waals surface area (Å²) in [5.41, 5.74) is 2.38. The Kier molecular flexibility index (Phi) is 2.72. The second-order valence-electron chi connectivity index (χ2n) is 3.65. The van der Waals surface area contributed by atoms with Gasteiger partial charge in [0, 0.05) is 21.1 Å². The third-order valence-corrected chi connectivity index (χ3v) is 4.27. The molecular formula is C11H7BrN2OS2. The smallest absolute Gasteiger partial charge is 0.160 e. The number of rotatable bonds is 1. The molecule has 0 spiro atoms. The van der Waals surface area contributed by atoms with Crippen molar-refractivity contribution in [3.05, 3.63) is 28.4 Å². The number of thiocarbonyl (C=S) groups is 1. The fraction of sp³-hybridized carbons (Fsp3) is 0.0909. The zero-order valence-electron chi connectivity index (χ0n) is 8.53. The van der Waals surface area contributed by atoms with E-state index in [2.05, 4.69) is 25.9 Å². The number of aromatic hydroxyl groups is 1. The minimum atomic E-state index is 0.241. The maximum Gasteiger partial charge on any atom is 0.160 e. The van der Waals surface area contributed by atoms with Crippen molar-refractivity contribution in [1.82, 2.24) is 4.98 Å². The van der Waals surface area contributed by atoms with E-state index in [0.29, 0.717) is 15.8 Å². The highest BCUT2D eigenvalue weighted by atomic mass is 79.9. The number of aromatic amines is 1. The Hall–Kier alpha value is -0.850. The van der Waals surface area contributed by atoms with E-state index in [1.54, 1.807) is 0 Å². The fourth-order valence-corrected chi connectivity index (χ4v) is 3.08. The van der Waals surface area contributed by atoms with Crippen LogP contribution in [0.3, 0.4) is 0 Å². The molecular weight excluding hydrogens is 320 g/mol. The molecule has 17 heavy (non-hydrogen) atoms. The Morgan fingerprint density at radius 3 is 3.00 bits per heavy atom. The van der Waals surface area contributed by atoms with Crippen LogP contribution in [-0.2, 0) is 0 Å². The monoisotopic (exact) mass is 326 g/mol. The van der Waals surface area contributed by atoms with Crippen LogP contribution in [0.5, 0.6) is 5.75 Å². The fourth-order valence-electron chi connectivity index (χ4n) is 1.79. The topological polar surface area (TPSA) is 48.4 Å². The number of thioether (sulfide) groups is 1. The predicted octanol–water partition coefficient (Wildman–Crippen LogP) is 3.46. The van der Waals surface area contributed by atoms with Gasteiger partial charge in [-0.05, 0) is 18.2 Å². The molecule has 0 bridgehead atoms. The van der Waals surface area contributed by atoms with Gasteiger partial charge in [0.25, 0.3) is 0 Å². The lowest BCUT2D eigenvalue weighted by atomic mass is 10.2. The van der Waals surface area contributed by atoms with E-state index in [9.17, 15) is 5.11 Å². The third-order valence-electron chi connectivity index (χ3n) is 2.58. The largest absolute Gasteiger partial charge is 0.505 e. The lowest BCUT2D eigenvalue weighted by molar-refractivity contribution is 0.480. The van der Waals surface area contributed by atoms with E-state index in [0.717, 1.165) is 21.1 Å². The van der Waals surface area contributed by atoms with Crippen molar-refractivity contribution in [3.63, 3.8) is 0 Å². The highest BCUT2D eigenvalue weighted by Gasteiger charge is 2.20. The number of halogens is 1. The zero-order chi connectivity index (χ0) is 12.0. The lowest BCUT2D eigenvalue weighted by Crippen LogP contribution is -2.00. The molecule has 0 saturated carbocycles. The molecule has 0 unspecified atom stereocenters. The molecule has 1 aromatic heterocycles. The van der Waals surface area contributed by atoms with Crippen LogP contribution in [-0.4, -0.2) is 25.9 Å². The Morgan fingerprint density at radius 2 is 2.29 bits per heavy atom. The molecule has 3 nitrogen and oxygen atoms in total. The highest BCUT2D eigenvalue weighted by Crippen LogP contribution is 2.33. The summed E-state index contributed by atoms with van der Waals surface area (Å²) >= 11 is 9.91. The minimum Gasteiger partial charge on any atom is -0.505 e. The van der Waals surface area contributed by atoms with Gasteiger partial charge in [-0.25, -0.2) is 4.99 Å². The number of fused-ring (bicyclic) bond motifs is 1. The van der Waals surface area contributed by atoms with E-state index in [1.165, 1.54) is 11.8 Å². The van der Waals surface area contributed by atoms with E-state index < -0.39 is 0 Å². The van der Waals surface area contributed by atoms with Crippen LogP contribution < -0.4 is 0 Å². The van der Waals surface area contributed by atoms with E-state index >= 15 is 0 Å². The van der Waals surface area contributed by atoms with Gasteiger partial charge in [0.2, 0.25) is 0 Å². The molecule has 6 heteroatoms. The SMILES string of the molecule is Oc1c(C2=NC(=S)SC2)[nH]c2ccc(Br)cc12. The number of hydrogen-bond donors (Lipinski definition) is 2. The summed E-state index contributed by atoms with van der Waals surface area (Å²) in [5.74, 6) is 0.950. The molecule has 0 atom stereocenters. The Balaban J connectivity index is 2.21.